The van der Waals surface area contributed by atoms with Crippen molar-refractivity contribution in [2.75, 3.05) is 12.3 Å². The Hall–Kier alpha value is -1.40. The summed E-state index contributed by atoms with van der Waals surface area (Å²) in [4.78, 5) is 10.8. The third kappa shape index (κ3) is 4.41. The first-order chi connectivity index (χ1) is 7.53. The van der Waals surface area contributed by atoms with Gasteiger partial charge in [-0.2, -0.15) is 0 Å². The van der Waals surface area contributed by atoms with Crippen LogP contribution in [-0.2, 0) is 21.2 Å². The average Bonchev–Trinajstić information content (AvgIpc) is 2.27. The molecule has 0 radical (unpaired) electrons. The van der Waals surface area contributed by atoms with Crippen molar-refractivity contribution in [3.8, 4) is 0 Å². The summed E-state index contributed by atoms with van der Waals surface area (Å²) in [6, 6.07) is 9.19. The fourth-order valence-electron chi connectivity index (χ4n) is 1.16. The molecule has 0 heterocycles. The summed E-state index contributed by atoms with van der Waals surface area (Å²) in [5, 5.41) is 0. The van der Waals surface area contributed by atoms with E-state index in [4.69, 9.17) is 5.73 Å². The molecule has 0 spiro atoms. The molecule has 0 bridgehead atoms. The summed E-state index contributed by atoms with van der Waals surface area (Å²) in [6.45, 7) is -0.329. The van der Waals surface area contributed by atoms with Crippen molar-refractivity contribution in [2.24, 2.45) is 5.73 Å². The molecule has 5 nitrogen and oxygen atoms in total. The minimum absolute atomic E-state index is 0.122. The second-order valence-corrected chi connectivity index (χ2v) is 5.13. The Morgan fingerprint density at radius 2 is 1.88 bits per heavy atom. The van der Waals surface area contributed by atoms with E-state index in [1.807, 2.05) is 35.1 Å². The fourth-order valence-corrected chi connectivity index (χ4v) is 2.20. The molecule has 0 saturated carbocycles. The van der Waals surface area contributed by atoms with Gasteiger partial charge in [0, 0.05) is 0 Å². The van der Waals surface area contributed by atoms with Gasteiger partial charge in [0.05, 0.1) is 12.3 Å². The summed E-state index contributed by atoms with van der Waals surface area (Å²) < 4.78 is 24.7. The number of carbonyl (C=O) groups is 1. The first-order valence-corrected chi connectivity index (χ1v) is 6.46. The fraction of sp³-hybridized carbons (Fsp3) is 0.300. The van der Waals surface area contributed by atoms with E-state index in [-0.39, 0.29) is 12.3 Å². The van der Waals surface area contributed by atoms with Crippen LogP contribution in [0, 0.1) is 0 Å². The van der Waals surface area contributed by atoms with Gasteiger partial charge in [0.25, 0.3) is 0 Å². The highest BCUT2D eigenvalue weighted by atomic mass is 32.2. The lowest BCUT2D eigenvalue weighted by molar-refractivity contribution is -0.118. The smallest absolute Gasteiger partial charge is 0.247 e. The predicted octanol–water partition coefficient (Wildman–Crippen LogP) is -0.366. The largest absolute Gasteiger partial charge is 0.322 e. The first kappa shape index (κ1) is 12.7. The summed E-state index contributed by atoms with van der Waals surface area (Å²) in [5.41, 5.74) is 5.92. The summed E-state index contributed by atoms with van der Waals surface area (Å²) >= 11 is 0. The van der Waals surface area contributed by atoms with Crippen LogP contribution in [0.4, 0.5) is 0 Å². The van der Waals surface area contributed by atoms with Gasteiger partial charge in [-0.3, -0.25) is 9.52 Å². The van der Waals surface area contributed by atoms with Crippen LogP contribution in [0.15, 0.2) is 30.3 Å². The number of amides is 1. The Balaban J connectivity index is 2.52. The maximum absolute atomic E-state index is 11.4. The minimum Gasteiger partial charge on any atom is -0.322 e. The molecular weight excluding hydrogens is 228 g/mol. The van der Waals surface area contributed by atoms with E-state index in [0.717, 1.165) is 5.56 Å². The van der Waals surface area contributed by atoms with Crippen LogP contribution in [-0.4, -0.2) is 26.6 Å². The van der Waals surface area contributed by atoms with Crippen molar-refractivity contribution in [1.29, 1.82) is 0 Å². The molecule has 0 atom stereocenters. The zero-order valence-corrected chi connectivity index (χ0v) is 9.53. The molecule has 0 aliphatic rings. The van der Waals surface area contributed by atoms with Crippen LogP contribution < -0.4 is 10.5 Å². The van der Waals surface area contributed by atoms with E-state index in [1.54, 1.807) is 0 Å². The van der Waals surface area contributed by atoms with Gasteiger partial charge in [0.1, 0.15) is 0 Å². The number of hydrogen-bond acceptors (Lipinski definition) is 4. The molecule has 0 unspecified atom stereocenters. The topological polar surface area (TPSA) is 89.3 Å². The molecular formula is C10H14N2O3S. The van der Waals surface area contributed by atoms with Gasteiger partial charge in [-0.1, -0.05) is 30.3 Å². The zero-order valence-electron chi connectivity index (χ0n) is 8.72. The van der Waals surface area contributed by atoms with Gasteiger partial charge in [-0.15, -0.1) is 0 Å². The normalized spacial score (nSPS) is 11.1. The number of nitrogens with one attached hydrogen (secondary N) is 1. The van der Waals surface area contributed by atoms with E-state index in [2.05, 4.69) is 0 Å². The van der Waals surface area contributed by atoms with Gasteiger partial charge >= 0.3 is 0 Å². The average molecular weight is 242 g/mol. The van der Waals surface area contributed by atoms with Gasteiger partial charge in [0.15, 0.2) is 0 Å². The highest BCUT2D eigenvalue weighted by Crippen LogP contribution is 2.01. The SMILES string of the molecule is NCC(=O)NS(=O)(=O)CCc1ccccc1. The van der Waals surface area contributed by atoms with Gasteiger partial charge in [0.2, 0.25) is 15.9 Å². The zero-order chi connectivity index (χ0) is 12.0. The number of sulfonamides is 1. The van der Waals surface area contributed by atoms with E-state index in [0.29, 0.717) is 6.42 Å². The van der Waals surface area contributed by atoms with Crippen molar-refractivity contribution in [3.63, 3.8) is 0 Å². The number of nitrogens with two attached hydrogens (primary N) is 1. The molecule has 1 rings (SSSR count). The molecule has 1 aromatic rings. The van der Waals surface area contributed by atoms with Crippen molar-refractivity contribution in [1.82, 2.24) is 4.72 Å². The Morgan fingerprint density at radius 3 is 2.44 bits per heavy atom. The third-order valence-corrected chi connectivity index (χ3v) is 3.24. The van der Waals surface area contributed by atoms with Crippen molar-refractivity contribution < 1.29 is 13.2 Å². The van der Waals surface area contributed by atoms with Crippen LogP contribution >= 0.6 is 0 Å². The van der Waals surface area contributed by atoms with Crippen LogP contribution in [0.3, 0.4) is 0 Å². The number of aryl methyl sites for hydroxylation is 1. The second-order valence-electron chi connectivity index (χ2n) is 3.28. The Labute approximate surface area is 94.7 Å². The molecule has 3 N–H and O–H groups in total. The molecule has 0 fully saturated rings. The Morgan fingerprint density at radius 1 is 1.25 bits per heavy atom. The predicted molar refractivity (Wildman–Crippen MR) is 61.1 cm³/mol. The van der Waals surface area contributed by atoms with E-state index in [9.17, 15) is 13.2 Å². The first-order valence-electron chi connectivity index (χ1n) is 4.81. The van der Waals surface area contributed by atoms with Gasteiger partial charge < -0.3 is 5.73 Å². The summed E-state index contributed by atoms with van der Waals surface area (Å²) in [6.07, 6.45) is 0.369. The van der Waals surface area contributed by atoms with E-state index in [1.165, 1.54) is 0 Å². The lowest BCUT2D eigenvalue weighted by atomic mass is 10.2. The highest BCUT2D eigenvalue weighted by Gasteiger charge is 2.13. The lowest BCUT2D eigenvalue weighted by Gasteiger charge is -2.05. The van der Waals surface area contributed by atoms with Crippen LogP contribution in [0.25, 0.3) is 0 Å². The maximum Gasteiger partial charge on any atom is 0.247 e. The molecule has 0 aliphatic heterocycles. The number of carbonyl (C=O) groups excluding carboxylic acids is 1. The monoisotopic (exact) mass is 242 g/mol. The Kier molecular flexibility index (Phi) is 4.45. The van der Waals surface area contributed by atoms with Crippen LogP contribution in [0.2, 0.25) is 0 Å². The van der Waals surface area contributed by atoms with Crippen LogP contribution in [0.1, 0.15) is 5.56 Å². The van der Waals surface area contributed by atoms with E-state index < -0.39 is 15.9 Å². The molecule has 1 amide bonds. The third-order valence-electron chi connectivity index (χ3n) is 1.96. The Bertz CT molecular complexity index is 442. The van der Waals surface area contributed by atoms with Gasteiger partial charge in [-0.25, -0.2) is 8.42 Å². The highest BCUT2D eigenvalue weighted by molar-refractivity contribution is 7.90. The lowest BCUT2D eigenvalue weighted by Crippen LogP contribution is -2.37. The maximum atomic E-state index is 11.4. The van der Waals surface area contributed by atoms with Crippen molar-refractivity contribution in [2.45, 2.75) is 6.42 Å². The molecule has 1 aromatic carbocycles. The second kappa shape index (κ2) is 5.62. The van der Waals surface area contributed by atoms with Crippen LogP contribution in [0.5, 0.6) is 0 Å². The molecule has 6 heteroatoms. The molecule has 0 aliphatic carbocycles. The van der Waals surface area contributed by atoms with Crippen molar-refractivity contribution in [3.05, 3.63) is 35.9 Å². The number of hydrogen-bond donors (Lipinski definition) is 2. The van der Waals surface area contributed by atoms with Crippen molar-refractivity contribution >= 4 is 15.9 Å². The standard InChI is InChI=1S/C10H14N2O3S/c11-8-10(13)12-16(14,15)7-6-9-4-2-1-3-5-9/h1-5H,6-8,11H2,(H,12,13). The quantitative estimate of drug-likeness (QED) is 0.737. The molecule has 0 saturated heterocycles. The number of benzene rings is 1. The summed E-state index contributed by atoms with van der Waals surface area (Å²) in [7, 11) is -3.57. The summed E-state index contributed by atoms with van der Waals surface area (Å²) in [5.74, 6) is -0.809. The number of rotatable bonds is 5. The van der Waals surface area contributed by atoms with Gasteiger partial charge in [-0.05, 0) is 12.0 Å². The van der Waals surface area contributed by atoms with E-state index >= 15 is 0 Å². The minimum atomic E-state index is -3.57. The molecule has 0 aromatic heterocycles. The molecule has 16 heavy (non-hydrogen) atoms. The molecule has 88 valence electrons.